The topological polar surface area (TPSA) is 102 Å². The standard InChI is InChI=1S/C26H27N3O5/c1-34-21-9-6-18(7-10-21)25(31)27-23-11-8-20(16-22(23)26(32)33)28-12-14-29(15-13-28)24-5-3-2-4-19(24)17-30/h2-11,16,30H,12-15,17H2,1H3,(H,27,31)(H,32,33). The molecule has 1 aliphatic rings. The number of piperazine rings is 1. The summed E-state index contributed by atoms with van der Waals surface area (Å²) in [6.45, 7) is 2.89. The number of aliphatic hydroxyl groups excluding tert-OH is 1. The van der Waals surface area contributed by atoms with Crippen molar-refractivity contribution in [2.24, 2.45) is 0 Å². The molecule has 34 heavy (non-hydrogen) atoms. The van der Waals surface area contributed by atoms with E-state index in [0.29, 0.717) is 24.4 Å². The van der Waals surface area contributed by atoms with Crippen molar-refractivity contribution >= 4 is 28.9 Å². The quantitative estimate of drug-likeness (QED) is 0.495. The van der Waals surface area contributed by atoms with E-state index >= 15 is 0 Å². The Morgan fingerprint density at radius 3 is 2.26 bits per heavy atom. The highest BCUT2D eigenvalue weighted by Gasteiger charge is 2.21. The number of benzene rings is 3. The van der Waals surface area contributed by atoms with Gasteiger partial charge in [0, 0.05) is 48.7 Å². The van der Waals surface area contributed by atoms with Crippen LogP contribution in [-0.2, 0) is 6.61 Å². The maximum atomic E-state index is 12.6. The van der Waals surface area contributed by atoms with Gasteiger partial charge in [0.25, 0.3) is 5.91 Å². The fraction of sp³-hybridized carbons (Fsp3) is 0.231. The lowest BCUT2D eigenvalue weighted by molar-refractivity contribution is 0.0698. The van der Waals surface area contributed by atoms with E-state index < -0.39 is 11.9 Å². The molecule has 8 heteroatoms. The highest BCUT2D eigenvalue weighted by Crippen LogP contribution is 2.27. The van der Waals surface area contributed by atoms with Crippen molar-refractivity contribution in [2.45, 2.75) is 6.61 Å². The van der Waals surface area contributed by atoms with E-state index in [1.807, 2.05) is 30.3 Å². The van der Waals surface area contributed by atoms with E-state index in [0.717, 1.165) is 30.0 Å². The Morgan fingerprint density at radius 2 is 1.62 bits per heavy atom. The molecule has 0 radical (unpaired) electrons. The van der Waals surface area contributed by atoms with Crippen molar-refractivity contribution in [3.8, 4) is 5.75 Å². The third kappa shape index (κ3) is 4.97. The number of nitrogens with one attached hydrogen (secondary N) is 1. The van der Waals surface area contributed by atoms with Crippen LogP contribution in [0.15, 0.2) is 66.7 Å². The SMILES string of the molecule is COc1ccc(C(=O)Nc2ccc(N3CCN(c4ccccc4CO)CC3)cc2C(=O)O)cc1. The smallest absolute Gasteiger partial charge is 0.337 e. The Morgan fingerprint density at radius 1 is 0.941 bits per heavy atom. The molecule has 0 atom stereocenters. The van der Waals surface area contributed by atoms with Gasteiger partial charge in [-0.2, -0.15) is 0 Å². The monoisotopic (exact) mass is 461 g/mol. The molecule has 1 heterocycles. The summed E-state index contributed by atoms with van der Waals surface area (Å²) in [5.74, 6) is -0.872. The Kier molecular flexibility index (Phi) is 6.98. The van der Waals surface area contributed by atoms with E-state index in [2.05, 4.69) is 15.1 Å². The minimum absolute atomic E-state index is 0.0118. The van der Waals surface area contributed by atoms with E-state index in [1.54, 1.807) is 43.5 Å². The average molecular weight is 462 g/mol. The number of carbonyl (C=O) groups is 2. The van der Waals surface area contributed by atoms with E-state index in [-0.39, 0.29) is 17.9 Å². The summed E-state index contributed by atoms with van der Waals surface area (Å²) in [7, 11) is 1.55. The minimum Gasteiger partial charge on any atom is -0.497 e. The van der Waals surface area contributed by atoms with Crippen molar-refractivity contribution in [1.29, 1.82) is 0 Å². The van der Waals surface area contributed by atoms with Crippen LogP contribution in [0.1, 0.15) is 26.3 Å². The van der Waals surface area contributed by atoms with Gasteiger partial charge in [0.2, 0.25) is 0 Å². The number of carboxylic acids is 1. The van der Waals surface area contributed by atoms with Crippen molar-refractivity contribution in [3.05, 3.63) is 83.4 Å². The van der Waals surface area contributed by atoms with Gasteiger partial charge in [0.05, 0.1) is 25.0 Å². The van der Waals surface area contributed by atoms with E-state index in [1.165, 1.54) is 0 Å². The van der Waals surface area contributed by atoms with Crippen molar-refractivity contribution in [1.82, 2.24) is 0 Å². The maximum Gasteiger partial charge on any atom is 0.337 e. The van der Waals surface area contributed by atoms with Gasteiger partial charge in [-0.15, -0.1) is 0 Å². The number of para-hydroxylation sites is 1. The van der Waals surface area contributed by atoms with Gasteiger partial charge in [-0.25, -0.2) is 4.79 Å². The summed E-state index contributed by atoms with van der Waals surface area (Å²) in [5, 5.41) is 22.1. The van der Waals surface area contributed by atoms with Gasteiger partial charge < -0.3 is 30.1 Å². The number of aliphatic hydroxyl groups is 1. The predicted molar refractivity (Wildman–Crippen MR) is 131 cm³/mol. The Hall–Kier alpha value is -4.04. The second kappa shape index (κ2) is 10.3. The molecule has 0 spiro atoms. The first-order chi connectivity index (χ1) is 16.5. The summed E-state index contributed by atoms with van der Waals surface area (Å²) in [4.78, 5) is 28.9. The molecular weight excluding hydrogens is 434 g/mol. The van der Waals surface area contributed by atoms with Crippen LogP contribution in [0.3, 0.4) is 0 Å². The summed E-state index contributed by atoms with van der Waals surface area (Å²) in [6.07, 6.45) is 0. The zero-order valence-electron chi connectivity index (χ0n) is 18.9. The summed E-state index contributed by atoms with van der Waals surface area (Å²) in [5.41, 5.74) is 3.38. The van der Waals surface area contributed by atoms with Crippen LogP contribution in [-0.4, -0.2) is 55.4 Å². The van der Waals surface area contributed by atoms with Crippen molar-refractivity contribution < 1.29 is 24.5 Å². The number of nitrogens with zero attached hydrogens (tertiary/aromatic N) is 2. The lowest BCUT2D eigenvalue weighted by Crippen LogP contribution is -2.46. The summed E-state index contributed by atoms with van der Waals surface area (Å²) >= 11 is 0. The zero-order valence-corrected chi connectivity index (χ0v) is 18.9. The van der Waals surface area contributed by atoms with Crippen LogP contribution in [0.4, 0.5) is 17.1 Å². The number of anilines is 3. The van der Waals surface area contributed by atoms with E-state index in [4.69, 9.17) is 4.74 Å². The first kappa shape index (κ1) is 23.1. The number of amides is 1. The number of rotatable bonds is 7. The number of methoxy groups -OCH3 is 1. The second-order valence-electron chi connectivity index (χ2n) is 7.98. The zero-order chi connectivity index (χ0) is 24.1. The molecule has 3 N–H and O–H groups in total. The Bertz CT molecular complexity index is 1170. The number of hydrogen-bond donors (Lipinski definition) is 3. The van der Waals surface area contributed by atoms with E-state index in [9.17, 15) is 19.8 Å². The van der Waals surface area contributed by atoms with Gasteiger partial charge in [0.1, 0.15) is 5.75 Å². The van der Waals surface area contributed by atoms with Gasteiger partial charge in [-0.1, -0.05) is 18.2 Å². The number of hydrogen-bond acceptors (Lipinski definition) is 6. The largest absolute Gasteiger partial charge is 0.497 e. The number of aromatic carboxylic acids is 1. The molecular formula is C26H27N3O5. The van der Waals surface area contributed by atoms with Crippen LogP contribution >= 0.6 is 0 Å². The van der Waals surface area contributed by atoms with Crippen LogP contribution < -0.4 is 19.9 Å². The van der Waals surface area contributed by atoms with Gasteiger partial charge >= 0.3 is 5.97 Å². The van der Waals surface area contributed by atoms with Crippen LogP contribution in [0, 0.1) is 0 Å². The molecule has 3 aromatic carbocycles. The minimum atomic E-state index is -1.11. The number of carboxylic acid groups (broad SMARTS) is 1. The molecule has 1 fully saturated rings. The molecule has 0 aromatic heterocycles. The summed E-state index contributed by atoms with van der Waals surface area (Å²) < 4.78 is 5.10. The molecule has 1 saturated heterocycles. The normalized spacial score (nSPS) is 13.5. The highest BCUT2D eigenvalue weighted by molar-refractivity contribution is 6.08. The van der Waals surface area contributed by atoms with Gasteiger partial charge in [-0.3, -0.25) is 4.79 Å². The second-order valence-corrected chi connectivity index (χ2v) is 7.98. The molecule has 3 aromatic rings. The molecule has 1 aliphatic heterocycles. The Balaban J connectivity index is 1.47. The molecule has 1 amide bonds. The molecule has 4 rings (SSSR count). The maximum absolute atomic E-state index is 12.6. The highest BCUT2D eigenvalue weighted by atomic mass is 16.5. The predicted octanol–water partition coefficient (Wildman–Crippen LogP) is 3.46. The Labute approximate surface area is 198 Å². The molecule has 0 unspecified atom stereocenters. The van der Waals surface area contributed by atoms with Crippen LogP contribution in [0.25, 0.3) is 0 Å². The molecule has 0 aliphatic carbocycles. The first-order valence-corrected chi connectivity index (χ1v) is 11.0. The molecule has 176 valence electrons. The number of carbonyl (C=O) groups excluding carboxylic acids is 1. The summed E-state index contributed by atoms with van der Waals surface area (Å²) in [6, 6.07) is 19.4. The lowest BCUT2D eigenvalue weighted by atomic mass is 10.1. The van der Waals surface area contributed by atoms with Crippen molar-refractivity contribution in [3.63, 3.8) is 0 Å². The van der Waals surface area contributed by atoms with Crippen LogP contribution in [0.5, 0.6) is 5.75 Å². The van der Waals surface area contributed by atoms with Gasteiger partial charge in [-0.05, 0) is 48.5 Å². The number of ether oxygens (including phenoxy) is 1. The molecule has 8 nitrogen and oxygen atoms in total. The fourth-order valence-corrected chi connectivity index (χ4v) is 4.11. The van der Waals surface area contributed by atoms with Crippen molar-refractivity contribution in [2.75, 3.05) is 48.4 Å². The molecule has 0 bridgehead atoms. The fourth-order valence-electron chi connectivity index (χ4n) is 4.11. The molecule has 0 saturated carbocycles. The van der Waals surface area contributed by atoms with Gasteiger partial charge in [0.15, 0.2) is 0 Å². The lowest BCUT2D eigenvalue weighted by Gasteiger charge is -2.38. The third-order valence-electron chi connectivity index (χ3n) is 5.98. The van der Waals surface area contributed by atoms with Crippen LogP contribution in [0.2, 0.25) is 0 Å². The first-order valence-electron chi connectivity index (χ1n) is 11.0. The average Bonchev–Trinajstić information content (AvgIpc) is 2.89. The third-order valence-corrected chi connectivity index (χ3v) is 5.98.